The summed E-state index contributed by atoms with van der Waals surface area (Å²) in [6, 6.07) is 9.06. The molecular formula is C19H29N5O. The number of aromatic nitrogens is 3. The number of ether oxygens (including phenoxy) is 1. The lowest BCUT2D eigenvalue weighted by Crippen LogP contribution is -2.27. The fourth-order valence-corrected chi connectivity index (χ4v) is 3.35. The predicted octanol–water partition coefficient (Wildman–Crippen LogP) is 2.79. The van der Waals surface area contributed by atoms with Crippen LogP contribution in [0, 0.1) is 0 Å². The molecule has 1 aliphatic heterocycles. The number of benzene rings is 1. The van der Waals surface area contributed by atoms with Gasteiger partial charge in [0.25, 0.3) is 0 Å². The van der Waals surface area contributed by atoms with Crippen molar-refractivity contribution in [3.05, 3.63) is 42.0 Å². The average molecular weight is 343 g/mol. The van der Waals surface area contributed by atoms with Crippen molar-refractivity contribution in [3.63, 3.8) is 0 Å². The van der Waals surface area contributed by atoms with Gasteiger partial charge >= 0.3 is 0 Å². The van der Waals surface area contributed by atoms with Crippen LogP contribution >= 0.6 is 0 Å². The summed E-state index contributed by atoms with van der Waals surface area (Å²) in [4.78, 5) is 6.74. The second-order valence-electron chi connectivity index (χ2n) is 6.60. The molecule has 3 rings (SSSR count). The van der Waals surface area contributed by atoms with Crippen LogP contribution in [-0.4, -0.2) is 45.9 Å². The molecule has 0 radical (unpaired) electrons. The van der Waals surface area contributed by atoms with Crippen LogP contribution in [0.3, 0.4) is 0 Å². The van der Waals surface area contributed by atoms with E-state index < -0.39 is 0 Å². The number of rotatable bonds is 9. The zero-order valence-electron chi connectivity index (χ0n) is 15.5. The van der Waals surface area contributed by atoms with Crippen LogP contribution in [0.25, 0.3) is 0 Å². The second-order valence-corrected chi connectivity index (χ2v) is 6.60. The highest BCUT2D eigenvalue weighted by Crippen LogP contribution is 2.31. The monoisotopic (exact) mass is 343 g/mol. The van der Waals surface area contributed by atoms with Crippen LogP contribution in [-0.2, 0) is 6.54 Å². The number of hydrogen-bond donors (Lipinski definition) is 1. The zero-order valence-corrected chi connectivity index (χ0v) is 15.5. The van der Waals surface area contributed by atoms with E-state index in [1.165, 1.54) is 5.56 Å². The summed E-state index contributed by atoms with van der Waals surface area (Å²) in [7, 11) is 0. The molecule has 2 aromatic rings. The Balaban J connectivity index is 1.45. The molecule has 2 heterocycles. The molecule has 1 aromatic carbocycles. The van der Waals surface area contributed by atoms with Crippen LogP contribution in [0.2, 0.25) is 0 Å². The van der Waals surface area contributed by atoms with Crippen molar-refractivity contribution in [3.8, 4) is 5.75 Å². The van der Waals surface area contributed by atoms with Gasteiger partial charge in [0.2, 0.25) is 0 Å². The topological polar surface area (TPSA) is 55.2 Å². The molecule has 136 valence electrons. The fourth-order valence-electron chi connectivity index (χ4n) is 3.35. The van der Waals surface area contributed by atoms with Gasteiger partial charge in [-0.25, -0.2) is 9.67 Å². The maximum absolute atomic E-state index is 5.84. The Hall–Kier alpha value is -1.92. The Bertz CT molecular complexity index is 650. The largest absolute Gasteiger partial charge is 0.492 e. The molecule has 25 heavy (non-hydrogen) atoms. The maximum Gasteiger partial charge on any atom is 0.144 e. The van der Waals surface area contributed by atoms with E-state index in [9.17, 15) is 0 Å². The van der Waals surface area contributed by atoms with Crippen molar-refractivity contribution in [2.45, 2.75) is 45.8 Å². The van der Waals surface area contributed by atoms with E-state index in [0.29, 0.717) is 6.04 Å². The number of nitrogens with one attached hydrogen (secondary N) is 1. The molecule has 0 fully saturated rings. The minimum absolute atomic E-state index is 0.280. The Labute approximate surface area is 150 Å². The average Bonchev–Trinajstić information content (AvgIpc) is 3.23. The molecule has 2 unspecified atom stereocenters. The van der Waals surface area contributed by atoms with Crippen molar-refractivity contribution in [1.82, 2.24) is 25.0 Å². The normalized spacial score (nSPS) is 19.4. The number of nitrogens with zero attached hydrogens (tertiary/aromatic N) is 4. The first-order valence-corrected chi connectivity index (χ1v) is 9.28. The van der Waals surface area contributed by atoms with Gasteiger partial charge in [-0.05, 0) is 44.1 Å². The molecule has 0 bridgehead atoms. The van der Waals surface area contributed by atoms with Crippen LogP contribution in [0.4, 0.5) is 0 Å². The molecular weight excluding hydrogens is 314 g/mol. The van der Waals surface area contributed by atoms with E-state index in [1.807, 2.05) is 4.68 Å². The summed E-state index contributed by atoms with van der Waals surface area (Å²) < 4.78 is 7.86. The van der Waals surface area contributed by atoms with E-state index in [0.717, 1.165) is 50.8 Å². The second kappa shape index (κ2) is 8.45. The zero-order chi connectivity index (χ0) is 17.6. The lowest BCUT2D eigenvalue weighted by molar-refractivity contribution is 0.223. The van der Waals surface area contributed by atoms with Gasteiger partial charge in [0.1, 0.15) is 24.5 Å². The van der Waals surface area contributed by atoms with Gasteiger partial charge < -0.3 is 15.0 Å². The first kappa shape index (κ1) is 17.9. The van der Waals surface area contributed by atoms with E-state index in [4.69, 9.17) is 4.74 Å². The lowest BCUT2D eigenvalue weighted by Gasteiger charge is -2.18. The summed E-state index contributed by atoms with van der Waals surface area (Å²) in [5.74, 6) is 1.98. The van der Waals surface area contributed by atoms with Crippen LogP contribution < -0.4 is 10.1 Å². The van der Waals surface area contributed by atoms with Gasteiger partial charge in [-0.2, -0.15) is 5.10 Å². The Kier molecular flexibility index (Phi) is 6.04. The van der Waals surface area contributed by atoms with E-state index >= 15 is 0 Å². The summed E-state index contributed by atoms with van der Waals surface area (Å²) in [6.07, 6.45) is 2.69. The molecule has 6 heteroatoms. The lowest BCUT2D eigenvalue weighted by atomic mass is 10.1. The van der Waals surface area contributed by atoms with Crippen molar-refractivity contribution in [2.75, 3.05) is 26.2 Å². The quantitative estimate of drug-likeness (QED) is 0.759. The third kappa shape index (κ3) is 4.38. The summed E-state index contributed by atoms with van der Waals surface area (Å²) in [6.45, 7) is 11.2. The number of fused-ring (bicyclic) bond motifs is 1. The fraction of sp³-hybridized carbons (Fsp3) is 0.579. The molecule has 0 aliphatic carbocycles. The van der Waals surface area contributed by atoms with Gasteiger partial charge in [-0.15, -0.1) is 0 Å². The molecule has 0 saturated heterocycles. The molecule has 0 spiro atoms. The SMILES string of the molecule is CCN(CC)CCOc1ccc(CNC2CC(C)n3ncnc32)cc1. The third-order valence-electron chi connectivity index (χ3n) is 4.95. The molecule has 1 N–H and O–H groups in total. The Morgan fingerprint density at radius 3 is 2.72 bits per heavy atom. The first-order valence-electron chi connectivity index (χ1n) is 9.28. The van der Waals surface area contributed by atoms with Crippen LogP contribution in [0.5, 0.6) is 5.75 Å². The van der Waals surface area contributed by atoms with Crippen molar-refractivity contribution in [1.29, 1.82) is 0 Å². The van der Waals surface area contributed by atoms with Crippen molar-refractivity contribution >= 4 is 0 Å². The standard InChI is InChI=1S/C19H29N5O/c1-4-23(5-2)10-11-25-17-8-6-16(7-9-17)13-20-18-12-15(3)24-19(18)21-14-22-24/h6-9,14-15,18,20H,4-5,10-13H2,1-3H3. The Morgan fingerprint density at radius 1 is 1.24 bits per heavy atom. The van der Waals surface area contributed by atoms with Gasteiger partial charge in [-0.3, -0.25) is 0 Å². The predicted molar refractivity (Wildman–Crippen MR) is 98.7 cm³/mol. The minimum Gasteiger partial charge on any atom is -0.492 e. The van der Waals surface area contributed by atoms with Gasteiger partial charge in [0, 0.05) is 13.1 Å². The maximum atomic E-state index is 5.84. The highest BCUT2D eigenvalue weighted by Gasteiger charge is 2.29. The third-order valence-corrected chi connectivity index (χ3v) is 4.95. The highest BCUT2D eigenvalue weighted by molar-refractivity contribution is 5.27. The minimum atomic E-state index is 0.280. The smallest absolute Gasteiger partial charge is 0.144 e. The first-order chi connectivity index (χ1) is 12.2. The van der Waals surface area contributed by atoms with Gasteiger partial charge in [-0.1, -0.05) is 26.0 Å². The summed E-state index contributed by atoms with van der Waals surface area (Å²) in [5.41, 5.74) is 1.25. The van der Waals surface area contributed by atoms with Crippen LogP contribution in [0.1, 0.15) is 50.7 Å². The Morgan fingerprint density at radius 2 is 2.00 bits per heavy atom. The van der Waals surface area contributed by atoms with Crippen molar-refractivity contribution in [2.24, 2.45) is 0 Å². The van der Waals surface area contributed by atoms with Gasteiger partial charge in [0.05, 0.1) is 12.1 Å². The van der Waals surface area contributed by atoms with Gasteiger partial charge in [0.15, 0.2) is 0 Å². The molecule has 1 aliphatic rings. The number of likely N-dealkylation sites (N-methyl/N-ethyl adjacent to an activating group) is 1. The molecule has 0 saturated carbocycles. The molecule has 1 aromatic heterocycles. The van der Waals surface area contributed by atoms with Crippen molar-refractivity contribution < 1.29 is 4.74 Å². The molecule has 2 atom stereocenters. The van der Waals surface area contributed by atoms with E-state index in [1.54, 1.807) is 6.33 Å². The van der Waals surface area contributed by atoms with E-state index in [2.05, 4.69) is 65.3 Å². The number of hydrogen-bond acceptors (Lipinski definition) is 5. The van der Waals surface area contributed by atoms with Crippen LogP contribution in [0.15, 0.2) is 30.6 Å². The van der Waals surface area contributed by atoms with E-state index in [-0.39, 0.29) is 6.04 Å². The molecule has 0 amide bonds. The molecule has 6 nitrogen and oxygen atoms in total. The highest BCUT2D eigenvalue weighted by atomic mass is 16.5. The summed E-state index contributed by atoms with van der Waals surface area (Å²) >= 11 is 0. The summed E-state index contributed by atoms with van der Waals surface area (Å²) in [5, 5.41) is 7.89.